The van der Waals surface area contributed by atoms with Gasteiger partial charge in [0.25, 0.3) is 0 Å². The van der Waals surface area contributed by atoms with E-state index < -0.39 is 0 Å². The normalized spacial score (nSPS) is 11.1. The van der Waals surface area contributed by atoms with E-state index >= 15 is 0 Å². The molecule has 2 aromatic rings. The predicted molar refractivity (Wildman–Crippen MR) is 72.5 cm³/mol. The first kappa shape index (κ1) is 12.5. The molecule has 2 aromatic heterocycles. The van der Waals surface area contributed by atoms with Crippen LogP contribution in [0, 0.1) is 6.92 Å². The third kappa shape index (κ3) is 2.47. The molecule has 0 saturated carbocycles. The third-order valence-corrected chi connectivity index (χ3v) is 2.81. The summed E-state index contributed by atoms with van der Waals surface area (Å²) in [7, 11) is 0. The summed E-state index contributed by atoms with van der Waals surface area (Å²) in [6.07, 6.45) is 3.72. The lowest BCUT2D eigenvalue weighted by Crippen LogP contribution is -2.15. The molecule has 0 atom stereocenters. The molecule has 0 unspecified atom stereocenters. The molecule has 18 heavy (non-hydrogen) atoms. The minimum absolute atomic E-state index is 0.285. The zero-order valence-electron chi connectivity index (χ0n) is 11.1. The summed E-state index contributed by atoms with van der Waals surface area (Å²) >= 11 is 0. The highest BCUT2D eigenvalue weighted by molar-refractivity contribution is 5.64. The number of hydrogen-bond acceptors (Lipinski definition) is 4. The highest BCUT2D eigenvalue weighted by Gasteiger charge is 2.13. The molecule has 0 aliphatic rings. The van der Waals surface area contributed by atoms with Crippen molar-refractivity contribution in [3.63, 3.8) is 0 Å². The molecule has 0 spiro atoms. The van der Waals surface area contributed by atoms with E-state index in [9.17, 15) is 0 Å². The van der Waals surface area contributed by atoms with E-state index in [1.54, 1.807) is 6.20 Å². The molecule has 0 radical (unpaired) electrons. The molecule has 0 saturated heterocycles. The highest BCUT2D eigenvalue weighted by atomic mass is 15.4. The zero-order valence-corrected chi connectivity index (χ0v) is 11.1. The zero-order chi connectivity index (χ0) is 13.1. The number of anilines is 2. The first-order valence-corrected chi connectivity index (χ1v) is 6.15. The minimum atomic E-state index is 0.285. The molecule has 98 valence electrons. The largest absolute Gasteiger partial charge is 0.394 e. The standard InChI is InChI=1S/C12H20N6/c1-9(2)18-12(11(13)10(3)16-18)14-6-8-17-7-4-5-15-17/h4-5,7,9,14H,6,8,13H2,1-3H3. The number of rotatable bonds is 5. The van der Waals surface area contributed by atoms with Crippen LogP contribution in [0.4, 0.5) is 11.5 Å². The second-order valence-electron chi connectivity index (χ2n) is 4.58. The molecule has 0 aliphatic heterocycles. The Bertz CT molecular complexity index is 497. The van der Waals surface area contributed by atoms with Crippen molar-refractivity contribution < 1.29 is 0 Å². The number of nitrogens with one attached hydrogen (secondary N) is 1. The van der Waals surface area contributed by atoms with Crippen molar-refractivity contribution in [2.24, 2.45) is 0 Å². The average molecular weight is 248 g/mol. The number of nitrogens with two attached hydrogens (primary N) is 1. The average Bonchev–Trinajstić information content (AvgIpc) is 2.92. The summed E-state index contributed by atoms with van der Waals surface area (Å²) in [5.74, 6) is 0.898. The Morgan fingerprint density at radius 2 is 2.22 bits per heavy atom. The number of aryl methyl sites for hydroxylation is 1. The Kier molecular flexibility index (Phi) is 3.55. The van der Waals surface area contributed by atoms with E-state index in [0.717, 1.165) is 30.3 Å². The van der Waals surface area contributed by atoms with E-state index in [1.807, 2.05) is 28.6 Å². The molecule has 2 rings (SSSR count). The molecule has 6 heteroatoms. The summed E-state index contributed by atoms with van der Waals surface area (Å²) in [4.78, 5) is 0. The van der Waals surface area contributed by atoms with Crippen LogP contribution >= 0.6 is 0 Å². The number of nitrogens with zero attached hydrogens (tertiary/aromatic N) is 4. The van der Waals surface area contributed by atoms with Crippen molar-refractivity contribution in [2.75, 3.05) is 17.6 Å². The second-order valence-corrected chi connectivity index (χ2v) is 4.58. The number of hydrogen-bond donors (Lipinski definition) is 2. The molecule has 0 aromatic carbocycles. The van der Waals surface area contributed by atoms with Gasteiger partial charge in [-0.05, 0) is 26.8 Å². The predicted octanol–water partition coefficient (Wildman–Crippen LogP) is 1.66. The molecule has 0 bridgehead atoms. The van der Waals surface area contributed by atoms with Crippen LogP contribution in [0.3, 0.4) is 0 Å². The van der Waals surface area contributed by atoms with E-state index in [4.69, 9.17) is 5.73 Å². The first-order chi connectivity index (χ1) is 8.59. The smallest absolute Gasteiger partial charge is 0.148 e. The topological polar surface area (TPSA) is 73.7 Å². The fraction of sp³-hybridized carbons (Fsp3) is 0.500. The Morgan fingerprint density at radius 1 is 1.44 bits per heavy atom. The molecular weight excluding hydrogens is 228 g/mol. The Hall–Kier alpha value is -1.98. The summed E-state index contributed by atoms with van der Waals surface area (Å²) in [6.45, 7) is 7.67. The maximum absolute atomic E-state index is 6.03. The van der Waals surface area contributed by atoms with Gasteiger partial charge in [0.2, 0.25) is 0 Å². The first-order valence-electron chi connectivity index (χ1n) is 6.15. The van der Waals surface area contributed by atoms with Crippen molar-refractivity contribution in [3.05, 3.63) is 24.2 Å². The van der Waals surface area contributed by atoms with Crippen LogP contribution in [-0.2, 0) is 6.54 Å². The van der Waals surface area contributed by atoms with Gasteiger partial charge in [0.15, 0.2) is 0 Å². The molecule has 3 N–H and O–H groups in total. The van der Waals surface area contributed by atoms with Gasteiger partial charge in [-0.25, -0.2) is 4.68 Å². The SMILES string of the molecule is Cc1nn(C(C)C)c(NCCn2cccn2)c1N. The molecule has 6 nitrogen and oxygen atoms in total. The van der Waals surface area contributed by atoms with Crippen LogP contribution < -0.4 is 11.1 Å². The van der Waals surface area contributed by atoms with Crippen LogP contribution in [0.2, 0.25) is 0 Å². The van der Waals surface area contributed by atoms with Crippen molar-refractivity contribution in [2.45, 2.75) is 33.4 Å². The Balaban J connectivity index is 2.04. The molecular formula is C12H20N6. The van der Waals surface area contributed by atoms with Gasteiger partial charge in [-0.15, -0.1) is 0 Å². The van der Waals surface area contributed by atoms with Crippen molar-refractivity contribution in [1.82, 2.24) is 19.6 Å². The summed E-state index contributed by atoms with van der Waals surface area (Å²) in [5, 5.41) is 11.9. The van der Waals surface area contributed by atoms with Crippen LogP contribution in [0.25, 0.3) is 0 Å². The van der Waals surface area contributed by atoms with Gasteiger partial charge >= 0.3 is 0 Å². The summed E-state index contributed by atoms with van der Waals surface area (Å²) < 4.78 is 3.81. The fourth-order valence-corrected chi connectivity index (χ4v) is 1.83. The van der Waals surface area contributed by atoms with Gasteiger partial charge in [0.1, 0.15) is 5.82 Å². The van der Waals surface area contributed by atoms with E-state index in [0.29, 0.717) is 0 Å². The van der Waals surface area contributed by atoms with E-state index in [-0.39, 0.29) is 6.04 Å². The van der Waals surface area contributed by atoms with Gasteiger partial charge in [0, 0.05) is 25.0 Å². The van der Waals surface area contributed by atoms with Gasteiger partial charge in [-0.2, -0.15) is 10.2 Å². The monoisotopic (exact) mass is 248 g/mol. The summed E-state index contributed by atoms with van der Waals surface area (Å²) in [6, 6.07) is 2.20. The Morgan fingerprint density at radius 3 is 2.83 bits per heavy atom. The number of nitrogen functional groups attached to an aromatic ring is 1. The second kappa shape index (κ2) is 5.12. The number of aromatic nitrogens is 4. The lowest BCUT2D eigenvalue weighted by Gasteiger charge is -2.13. The van der Waals surface area contributed by atoms with Crippen LogP contribution in [-0.4, -0.2) is 26.1 Å². The Labute approximate surface area is 107 Å². The van der Waals surface area contributed by atoms with Gasteiger partial charge in [-0.3, -0.25) is 4.68 Å². The van der Waals surface area contributed by atoms with Crippen molar-refractivity contribution >= 4 is 11.5 Å². The molecule has 0 aliphatic carbocycles. The lowest BCUT2D eigenvalue weighted by molar-refractivity contribution is 0.532. The fourth-order valence-electron chi connectivity index (χ4n) is 1.83. The summed E-state index contributed by atoms with van der Waals surface area (Å²) in [5.41, 5.74) is 7.62. The van der Waals surface area contributed by atoms with E-state index in [1.165, 1.54) is 0 Å². The molecule has 0 fully saturated rings. The quantitative estimate of drug-likeness (QED) is 0.844. The van der Waals surface area contributed by atoms with Crippen LogP contribution in [0.15, 0.2) is 18.5 Å². The molecule has 0 amide bonds. The van der Waals surface area contributed by atoms with Crippen molar-refractivity contribution in [3.8, 4) is 0 Å². The van der Waals surface area contributed by atoms with Gasteiger partial charge in [-0.1, -0.05) is 0 Å². The van der Waals surface area contributed by atoms with Gasteiger partial charge < -0.3 is 11.1 Å². The minimum Gasteiger partial charge on any atom is -0.394 e. The highest BCUT2D eigenvalue weighted by Crippen LogP contribution is 2.25. The van der Waals surface area contributed by atoms with Crippen LogP contribution in [0.1, 0.15) is 25.6 Å². The maximum atomic E-state index is 6.03. The molecule has 2 heterocycles. The van der Waals surface area contributed by atoms with Gasteiger partial charge in [0.05, 0.1) is 17.9 Å². The van der Waals surface area contributed by atoms with Crippen molar-refractivity contribution in [1.29, 1.82) is 0 Å². The lowest BCUT2D eigenvalue weighted by atomic mass is 10.3. The maximum Gasteiger partial charge on any atom is 0.148 e. The van der Waals surface area contributed by atoms with E-state index in [2.05, 4.69) is 29.4 Å². The van der Waals surface area contributed by atoms with Crippen LogP contribution in [0.5, 0.6) is 0 Å². The third-order valence-electron chi connectivity index (χ3n) is 2.81.